The zero-order valence-corrected chi connectivity index (χ0v) is 12.1. The van der Waals surface area contributed by atoms with Crippen molar-refractivity contribution in [3.8, 4) is 0 Å². The fourth-order valence-corrected chi connectivity index (χ4v) is 2.63. The van der Waals surface area contributed by atoms with E-state index in [1.54, 1.807) is 6.07 Å². The summed E-state index contributed by atoms with van der Waals surface area (Å²) >= 11 is 0. The number of nitrogens with one attached hydrogen (secondary N) is 1. The van der Waals surface area contributed by atoms with Gasteiger partial charge in [0, 0.05) is 12.2 Å². The molecule has 0 bridgehead atoms. The zero-order chi connectivity index (χ0) is 14.5. The van der Waals surface area contributed by atoms with Gasteiger partial charge in [0.15, 0.2) is 0 Å². The molecule has 0 saturated carbocycles. The van der Waals surface area contributed by atoms with Gasteiger partial charge in [-0.2, -0.15) is 0 Å². The molecule has 1 aliphatic rings. The maximum Gasteiger partial charge on any atom is 0.141 e. The lowest BCUT2D eigenvalue weighted by Gasteiger charge is -2.15. The normalized spacial score (nSPS) is 15.3. The van der Waals surface area contributed by atoms with E-state index in [0.29, 0.717) is 6.54 Å². The Hall–Kier alpha value is -1.94. The minimum absolute atomic E-state index is 0.301. The molecule has 21 heavy (non-hydrogen) atoms. The molecule has 0 spiro atoms. The molecule has 0 amide bonds. The van der Waals surface area contributed by atoms with Gasteiger partial charge in [-0.15, -0.1) is 0 Å². The van der Waals surface area contributed by atoms with Crippen molar-refractivity contribution in [3.05, 3.63) is 59.7 Å². The number of halogens is 1. The van der Waals surface area contributed by atoms with Gasteiger partial charge in [0.05, 0.1) is 18.4 Å². The van der Waals surface area contributed by atoms with E-state index in [0.717, 1.165) is 17.9 Å². The minimum atomic E-state index is -0.301. The average Bonchev–Trinajstić information content (AvgIpc) is 3.01. The van der Waals surface area contributed by atoms with Crippen LogP contribution in [0.1, 0.15) is 24.1 Å². The first kappa shape index (κ1) is 14.0. The Morgan fingerprint density at radius 3 is 2.48 bits per heavy atom. The predicted molar refractivity (Wildman–Crippen MR) is 82.5 cm³/mol. The van der Waals surface area contributed by atoms with Gasteiger partial charge >= 0.3 is 0 Å². The number of likely N-dealkylation sites (tertiary alicyclic amines) is 1. The van der Waals surface area contributed by atoms with Gasteiger partial charge in [-0.3, -0.25) is 9.88 Å². The van der Waals surface area contributed by atoms with E-state index in [4.69, 9.17) is 0 Å². The Morgan fingerprint density at radius 2 is 1.81 bits per heavy atom. The van der Waals surface area contributed by atoms with Crippen molar-refractivity contribution in [2.24, 2.45) is 0 Å². The summed E-state index contributed by atoms with van der Waals surface area (Å²) in [6, 6.07) is 11.6. The number of aromatic nitrogens is 1. The lowest BCUT2D eigenvalue weighted by Crippen LogP contribution is -2.18. The van der Waals surface area contributed by atoms with Crippen molar-refractivity contribution in [1.29, 1.82) is 0 Å². The summed E-state index contributed by atoms with van der Waals surface area (Å²) in [5.74, 6) is -0.301. The van der Waals surface area contributed by atoms with Crippen LogP contribution in [0.4, 0.5) is 10.1 Å². The largest absolute Gasteiger partial charge is 0.379 e. The third-order valence-corrected chi connectivity index (χ3v) is 3.82. The Morgan fingerprint density at radius 1 is 1.05 bits per heavy atom. The topological polar surface area (TPSA) is 28.2 Å². The average molecular weight is 285 g/mol. The van der Waals surface area contributed by atoms with E-state index >= 15 is 0 Å². The summed E-state index contributed by atoms with van der Waals surface area (Å²) in [6.07, 6.45) is 3.89. The number of benzene rings is 1. The Labute approximate surface area is 124 Å². The first-order chi connectivity index (χ1) is 10.3. The number of rotatable bonds is 5. The van der Waals surface area contributed by atoms with Crippen molar-refractivity contribution >= 4 is 5.69 Å². The van der Waals surface area contributed by atoms with Crippen LogP contribution in [0.3, 0.4) is 0 Å². The second kappa shape index (κ2) is 6.68. The molecule has 1 fully saturated rings. The highest BCUT2D eigenvalue weighted by molar-refractivity contribution is 5.44. The zero-order valence-electron chi connectivity index (χ0n) is 12.1. The van der Waals surface area contributed by atoms with Crippen molar-refractivity contribution in [3.63, 3.8) is 0 Å². The summed E-state index contributed by atoms with van der Waals surface area (Å²) in [6.45, 7) is 4.08. The SMILES string of the molecule is Fc1ccc(CNc2ccc(CN3CCCC3)cc2)nc1. The molecule has 1 aliphatic heterocycles. The quantitative estimate of drug-likeness (QED) is 0.912. The number of hydrogen-bond acceptors (Lipinski definition) is 3. The highest BCUT2D eigenvalue weighted by Gasteiger charge is 2.11. The van der Waals surface area contributed by atoms with Gasteiger partial charge in [0.1, 0.15) is 5.82 Å². The van der Waals surface area contributed by atoms with Crippen molar-refractivity contribution < 1.29 is 4.39 Å². The summed E-state index contributed by atoms with van der Waals surface area (Å²) in [5.41, 5.74) is 3.24. The molecule has 3 nitrogen and oxygen atoms in total. The first-order valence-electron chi connectivity index (χ1n) is 7.45. The molecule has 4 heteroatoms. The minimum Gasteiger partial charge on any atom is -0.379 e. The Kier molecular flexibility index (Phi) is 4.46. The highest BCUT2D eigenvalue weighted by atomic mass is 19.1. The predicted octanol–water partition coefficient (Wildman–Crippen LogP) is 3.43. The second-order valence-corrected chi connectivity index (χ2v) is 5.50. The molecule has 0 radical (unpaired) electrons. The summed E-state index contributed by atoms with van der Waals surface area (Å²) in [7, 11) is 0. The molecule has 3 rings (SSSR count). The molecule has 0 atom stereocenters. The molecule has 0 unspecified atom stereocenters. The van der Waals surface area contributed by atoms with Crippen LogP contribution in [-0.2, 0) is 13.1 Å². The van der Waals surface area contributed by atoms with Crippen LogP contribution in [0.25, 0.3) is 0 Å². The van der Waals surface area contributed by atoms with Crippen LogP contribution >= 0.6 is 0 Å². The standard InChI is InChI=1S/C17H20FN3/c18-15-5-8-17(19-11-15)12-20-16-6-3-14(4-7-16)13-21-9-1-2-10-21/h3-8,11,20H,1-2,9-10,12-13H2. The fraction of sp³-hybridized carbons (Fsp3) is 0.353. The maximum absolute atomic E-state index is 12.8. The second-order valence-electron chi connectivity index (χ2n) is 5.50. The van der Waals surface area contributed by atoms with E-state index < -0.39 is 0 Å². The smallest absolute Gasteiger partial charge is 0.141 e. The van der Waals surface area contributed by atoms with Gasteiger partial charge in [0.2, 0.25) is 0 Å². The van der Waals surface area contributed by atoms with Crippen molar-refractivity contribution in [1.82, 2.24) is 9.88 Å². The molecular weight excluding hydrogens is 265 g/mol. The van der Waals surface area contributed by atoms with Crippen LogP contribution in [0.15, 0.2) is 42.6 Å². The van der Waals surface area contributed by atoms with E-state index in [2.05, 4.69) is 39.5 Å². The fourth-order valence-electron chi connectivity index (χ4n) is 2.63. The molecule has 2 heterocycles. The third kappa shape index (κ3) is 4.02. The molecule has 1 aromatic heterocycles. The van der Waals surface area contributed by atoms with E-state index in [1.807, 2.05) is 0 Å². The van der Waals surface area contributed by atoms with Crippen LogP contribution in [0.5, 0.6) is 0 Å². The lowest BCUT2D eigenvalue weighted by molar-refractivity contribution is 0.331. The molecular formula is C17H20FN3. The summed E-state index contributed by atoms with van der Waals surface area (Å²) in [4.78, 5) is 6.53. The molecule has 0 aliphatic carbocycles. The molecule has 2 aromatic rings. The number of hydrogen-bond donors (Lipinski definition) is 1. The van der Waals surface area contributed by atoms with Crippen LogP contribution in [0.2, 0.25) is 0 Å². The van der Waals surface area contributed by atoms with Crippen molar-refractivity contribution in [2.45, 2.75) is 25.9 Å². The Balaban J connectivity index is 1.52. The van der Waals surface area contributed by atoms with Crippen molar-refractivity contribution in [2.75, 3.05) is 18.4 Å². The van der Waals surface area contributed by atoms with E-state index in [-0.39, 0.29) is 5.82 Å². The highest BCUT2D eigenvalue weighted by Crippen LogP contribution is 2.15. The molecule has 1 aromatic carbocycles. The lowest BCUT2D eigenvalue weighted by atomic mass is 10.2. The van der Waals surface area contributed by atoms with Gasteiger partial charge in [-0.25, -0.2) is 4.39 Å². The van der Waals surface area contributed by atoms with Crippen LogP contribution < -0.4 is 5.32 Å². The number of nitrogens with zero attached hydrogens (tertiary/aromatic N) is 2. The van der Waals surface area contributed by atoms with Crippen LogP contribution in [0, 0.1) is 5.82 Å². The van der Waals surface area contributed by atoms with Gasteiger partial charge in [-0.05, 0) is 55.8 Å². The molecule has 110 valence electrons. The molecule has 1 saturated heterocycles. The third-order valence-electron chi connectivity index (χ3n) is 3.82. The monoisotopic (exact) mass is 285 g/mol. The number of pyridine rings is 1. The molecule has 1 N–H and O–H groups in total. The van der Waals surface area contributed by atoms with E-state index in [9.17, 15) is 4.39 Å². The first-order valence-corrected chi connectivity index (χ1v) is 7.45. The van der Waals surface area contributed by atoms with E-state index in [1.165, 1.54) is 43.8 Å². The maximum atomic E-state index is 12.8. The van der Waals surface area contributed by atoms with Crippen LogP contribution in [-0.4, -0.2) is 23.0 Å². The summed E-state index contributed by atoms with van der Waals surface area (Å²) < 4.78 is 12.8. The van der Waals surface area contributed by atoms with Gasteiger partial charge in [0.25, 0.3) is 0 Å². The Bertz CT molecular complexity index is 560. The number of anilines is 1. The van der Waals surface area contributed by atoms with Gasteiger partial charge in [-0.1, -0.05) is 12.1 Å². The van der Waals surface area contributed by atoms with Gasteiger partial charge < -0.3 is 5.32 Å². The summed E-state index contributed by atoms with van der Waals surface area (Å²) in [5, 5.41) is 3.30.